The van der Waals surface area contributed by atoms with Crippen LogP contribution in [0, 0.1) is 0 Å². The largest absolute Gasteiger partial charge is 0.472 e. The molecule has 188 valence electrons. The number of fused-ring (bicyclic) bond motifs is 2. The minimum absolute atomic E-state index is 0.176. The molecule has 2 saturated heterocycles. The average molecular weight is 542 g/mol. The fourth-order valence-corrected chi connectivity index (χ4v) is 6.07. The number of hydrogen-bond acceptors (Lipinski definition) is 10. The molecular weight excluding hydrogens is 517 g/mol. The third-order valence-corrected chi connectivity index (χ3v) is 8.03. The molecule has 4 heterocycles. The number of imidazole rings is 1. The molecule has 2 aromatic heterocycles. The summed E-state index contributed by atoms with van der Waals surface area (Å²) in [5.74, 6) is 1.16. The molecule has 0 aliphatic carbocycles. The number of rotatable bonds is 8. The first-order valence-electron chi connectivity index (χ1n) is 11.2. The molecule has 1 aromatic carbocycles. The van der Waals surface area contributed by atoms with Gasteiger partial charge in [-0.25, -0.2) is 19.5 Å². The van der Waals surface area contributed by atoms with Crippen molar-refractivity contribution in [3.63, 3.8) is 0 Å². The highest BCUT2D eigenvalue weighted by Crippen LogP contribution is 2.53. The van der Waals surface area contributed by atoms with Gasteiger partial charge >= 0.3 is 7.82 Å². The van der Waals surface area contributed by atoms with Crippen LogP contribution in [0.15, 0.2) is 35.7 Å². The number of benzene rings is 1. The summed E-state index contributed by atoms with van der Waals surface area (Å²) in [4.78, 5) is 23.3. The lowest BCUT2D eigenvalue weighted by molar-refractivity contribution is -0.0684. The number of hydrogen-bond donors (Lipinski definition) is 3. The van der Waals surface area contributed by atoms with Crippen LogP contribution < -0.4 is 5.32 Å². The predicted molar refractivity (Wildman–Crippen MR) is 130 cm³/mol. The van der Waals surface area contributed by atoms with Crippen LogP contribution in [0.4, 0.5) is 5.82 Å². The first kappa shape index (κ1) is 24.9. The van der Waals surface area contributed by atoms with Crippen molar-refractivity contribution in [1.29, 1.82) is 0 Å². The number of aliphatic hydroxyl groups excluding tert-OH is 1. The number of nitrogens with zero attached hydrogens (tertiary/aromatic N) is 4. The Morgan fingerprint density at radius 1 is 1.31 bits per heavy atom. The molecule has 11 nitrogen and oxygen atoms in total. The van der Waals surface area contributed by atoms with Crippen LogP contribution in [0.5, 0.6) is 0 Å². The normalized spacial score (nSPS) is 28.3. The van der Waals surface area contributed by atoms with Crippen LogP contribution in [0.3, 0.4) is 0 Å². The zero-order chi connectivity index (χ0) is 24.6. The number of ether oxygens (including phenoxy) is 1. The van der Waals surface area contributed by atoms with Crippen LogP contribution in [-0.2, 0) is 24.1 Å². The molecule has 1 unspecified atom stereocenters. The predicted octanol–water partition coefficient (Wildman–Crippen LogP) is 3.76. The van der Waals surface area contributed by atoms with E-state index in [-0.39, 0.29) is 6.61 Å². The van der Waals surface area contributed by atoms with E-state index in [0.29, 0.717) is 32.9 Å². The minimum Gasteiger partial charge on any atom is -0.386 e. The molecule has 3 N–H and O–H groups in total. The van der Waals surface area contributed by atoms with Crippen molar-refractivity contribution in [2.75, 3.05) is 18.5 Å². The van der Waals surface area contributed by atoms with Crippen LogP contribution in [0.2, 0.25) is 5.02 Å². The molecule has 0 radical (unpaired) electrons. The Labute approximate surface area is 210 Å². The number of anilines is 1. The summed E-state index contributed by atoms with van der Waals surface area (Å²) >= 11 is 7.45. The van der Waals surface area contributed by atoms with Crippen molar-refractivity contribution in [2.24, 2.45) is 0 Å². The Bertz CT molecular complexity index is 1250. The monoisotopic (exact) mass is 541 g/mol. The molecule has 0 bridgehead atoms. The zero-order valence-corrected chi connectivity index (χ0v) is 21.2. The molecule has 14 heteroatoms. The summed E-state index contributed by atoms with van der Waals surface area (Å²) < 4.78 is 29.7. The van der Waals surface area contributed by atoms with Gasteiger partial charge in [0.1, 0.15) is 24.6 Å². The maximum absolute atomic E-state index is 11.9. The second-order valence-electron chi connectivity index (χ2n) is 8.24. The minimum atomic E-state index is -4.25. The van der Waals surface area contributed by atoms with Crippen molar-refractivity contribution in [3.05, 3.63) is 41.2 Å². The second-order valence-corrected chi connectivity index (χ2v) is 11.0. The fourth-order valence-electron chi connectivity index (χ4n) is 4.01. The Morgan fingerprint density at radius 3 is 2.89 bits per heavy atom. The standard InChI is InChI=1S/C21H25ClN5O6PS/c1-2-3-8-23-18-15-19(25-11-24-18)27(21(26-15)35-10-12-4-6-13(22)7-5-12)20-16(28)17-14(32-20)9-31-34(29,30)33-17/h4-7,11,14,16-17,20,28H,2-3,8-10H2,1H3,(H,29,30)(H,23,24,25)/t14-,16-,17-,20-/m1/s1. The first-order valence-corrected chi connectivity index (χ1v) is 14.1. The van der Waals surface area contributed by atoms with Crippen molar-refractivity contribution >= 4 is 48.2 Å². The molecule has 35 heavy (non-hydrogen) atoms. The molecule has 0 amide bonds. The molecule has 0 spiro atoms. The first-order chi connectivity index (χ1) is 16.9. The van der Waals surface area contributed by atoms with Crippen molar-refractivity contribution in [2.45, 2.75) is 55.2 Å². The lowest BCUT2D eigenvalue weighted by Gasteiger charge is -2.27. The number of nitrogens with one attached hydrogen (secondary N) is 1. The van der Waals surface area contributed by atoms with Gasteiger partial charge in [0.2, 0.25) is 0 Å². The summed E-state index contributed by atoms with van der Waals surface area (Å²) in [6, 6.07) is 7.50. The molecule has 3 aromatic rings. The molecule has 2 aliphatic rings. The van der Waals surface area contributed by atoms with E-state index < -0.39 is 32.4 Å². The third kappa shape index (κ3) is 5.21. The second kappa shape index (κ2) is 10.3. The molecule has 2 fully saturated rings. The number of phosphoric ester groups is 1. The number of aromatic nitrogens is 4. The Kier molecular flexibility index (Phi) is 7.34. The van der Waals surface area contributed by atoms with Crippen molar-refractivity contribution in [1.82, 2.24) is 19.5 Å². The maximum Gasteiger partial charge on any atom is 0.472 e. The topological polar surface area (TPSA) is 141 Å². The van der Waals surface area contributed by atoms with E-state index in [2.05, 4.69) is 22.2 Å². The van der Waals surface area contributed by atoms with E-state index in [0.717, 1.165) is 24.9 Å². The van der Waals surface area contributed by atoms with Crippen molar-refractivity contribution < 1.29 is 28.3 Å². The van der Waals surface area contributed by atoms with E-state index in [1.54, 1.807) is 4.57 Å². The SMILES string of the molecule is CCCCNc1ncnc2c1nc(SCc1ccc(Cl)cc1)n2[C@@H]1O[C@@H]2COP(=O)(O)O[C@H]2[C@H]1O. The van der Waals surface area contributed by atoms with E-state index in [4.69, 9.17) is 30.4 Å². The summed E-state index contributed by atoms with van der Waals surface area (Å²) in [6.07, 6.45) is -0.528. The van der Waals surface area contributed by atoms with Gasteiger partial charge in [0.15, 0.2) is 28.4 Å². The van der Waals surface area contributed by atoms with E-state index in [1.165, 1.54) is 18.1 Å². The summed E-state index contributed by atoms with van der Waals surface area (Å²) in [7, 11) is -4.25. The smallest absolute Gasteiger partial charge is 0.386 e. The van der Waals surface area contributed by atoms with Gasteiger partial charge in [-0.05, 0) is 24.1 Å². The lowest BCUT2D eigenvalue weighted by atomic mass is 10.1. The molecule has 0 saturated carbocycles. The van der Waals surface area contributed by atoms with Crippen molar-refractivity contribution in [3.8, 4) is 0 Å². The highest BCUT2D eigenvalue weighted by molar-refractivity contribution is 7.98. The molecule has 5 atom stereocenters. The van der Waals surface area contributed by atoms with Gasteiger partial charge in [0.25, 0.3) is 0 Å². The van der Waals surface area contributed by atoms with Crippen LogP contribution >= 0.6 is 31.2 Å². The van der Waals surface area contributed by atoms with Gasteiger partial charge in [-0.15, -0.1) is 0 Å². The van der Waals surface area contributed by atoms with Crippen LogP contribution in [0.25, 0.3) is 11.2 Å². The Hall–Kier alpha value is -1.76. The lowest BCUT2D eigenvalue weighted by Crippen LogP contribution is -2.39. The van der Waals surface area contributed by atoms with E-state index in [9.17, 15) is 14.6 Å². The highest BCUT2D eigenvalue weighted by atomic mass is 35.5. The van der Waals surface area contributed by atoms with Crippen LogP contribution in [-0.4, -0.2) is 61.0 Å². The van der Waals surface area contributed by atoms with E-state index >= 15 is 0 Å². The van der Waals surface area contributed by atoms with Gasteiger partial charge < -0.3 is 20.1 Å². The van der Waals surface area contributed by atoms with Gasteiger partial charge in [-0.2, -0.15) is 0 Å². The molecular formula is C21H25ClN5O6PS. The highest BCUT2D eigenvalue weighted by Gasteiger charge is 2.53. The Balaban J connectivity index is 1.51. The number of thioether (sulfide) groups is 1. The summed E-state index contributed by atoms with van der Waals surface area (Å²) in [5, 5.41) is 15.6. The fraction of sp³-hybridized carbons (Fsp3) is 0.476. The molecule has 2 aliphatic heterocycles. The number of unbranched alkanes of at least 4 members (excludes halogenated alkanes) is 1. The van der Waals surface area contributed by atoms with Gasteiger partial charge in [0.05, 0.1) is 6.61 Å². The summed E-state index contributed by atoms with van der Waals surface area (Å²) in [6.45, 7) is 2.66. The third-order valence-electron chi connectivity index (χ3n) is 5.77. The quantitative estimate of drug-likeness (QED) is 0.218. The summed E-state index contributed by atoms with van der Waals surface area (Å²) in [5.41, 5.74) is 2.04. The number of phosphoric acid groups is 1. The molecule has 5 rings (SSSR count). The Morgan fingerprint density at radius 2 is 2.11 bits per heavy atom. The van der Waals surface area contributed by atoms with Gasteiger partial charge in [0, 0.05) is 17.3 Å². The number of aliphatic hydroxyl groups is 1. The van der Waals surface area contributed by atoms with Crippen LogP contribution in [0.1, 0.15) is 31.6 Å². The maximum atomic E-state index is 11.9. The average Bonchev–Trinajstić information content (AvgIpc) is 3.36. The van der Waals surface area contributed by atoms with Gasteiger partial charge in [-0.1, -0.05) is 48.8 Å². The zero-order valence-electron chi connectivity index (χ0n) is 18.8. The van der Waals surface area contributed by atoms with Gasteiger partial charge in [-0.3, -0.25) is 13.6 Å². The van der Waals surface area contributed by atoms with E-state index in [1.807, 2.05) is 24.3 Å². The number of halogens is 1.